The smallest absolute Gasteiger partial charge is 0.263 e. The van der Waals surface area contributed by atoms with Gasteiger partial charge in [0.15, 0.2) is 0 Å². The molecule has 5 nitrogen and oxygen atoms in total. The quantitative estimate of drug-likeness (QED) is 0.770. The van der Waals surface area contributed by atoms with Crippen molar-refractivity contribution in [1.29, 1.82) is 0 Å². The zero-order valence-corrected chi connectivity index (χ0v) is 13.4. The normalized spacial score (nSPS) is 11.2. The molecule has 0 aliphatic rings. The Hall–Kier alpha value is -1.66. The molecule has 21 heavy (non-hydrogen) atoms. The predicted molar refractivity (Wildman–Crippen MR) is 88.8 cm³/mol. The molecule has 0 saturated heterocycles. The van der Waals surface area contributed by atoms with Gasteiger partial charge in [0.2, 0.25) is 0 Å². The van der Waals surface area contributed by atoms with Crippen LogP contribution in [0.2, 0.25) is 0 Å². The van der Waals surface area contributed by atoms with Gasteiger partial charge in [0.1, 0.15) is 4.88 Å². The average Bonchev–Trinajstić information content (AvgIpc) is 2.85. The summed E-state index contributed by atoms with van der Waals surface area (Å²) in [6.07, 6.45) is 4.38. The molecule has 0 aliphatic carbocycles. The van der Waals surface area contributed by atoms with Crippen LogP contribution in [0.25, 0.3) is 10.1 Å². The number of nitrogens with one attached hydrogen (secondary N) is 1. The molecule has 0 aliphatic heterocycles. The molecule has 0 radical (unpaired) electrons. The number of nitrogen functional groups attached to an aromatic ring is 1. The van der Waals surface area contributed by atoms with Gasteiger partial charge in [-0.25, -0.2) is 0 Å². The lowest BCUT2D eigenvalue weighted by Crippen LogP contribution is -2.29. The number of amides is 1. The van der Waals surface area contributed by atoms with E-state index < -0.39 is 0 Å². The highest BCUT2D eigenvalue weighted by Crippen LogP contribution is 2.32. The van der Waals surface area contributed by atoms with Crippen LogP contribution in [0.1, 0.15) is 29.9 Å². The zero-order chi connectivity index (χ0) is 15.2. The third-order valence-corrected chi connectivity index (χ3v) is 4.72. The van der Waals surface area contributed by atoms with Crippen LogP contribution in [0, 0.1) is 0 Å². The Kier molecular flexibility index (Phi) is 5.52. The molecule has 0 atom stereocenters. The van der Waals surface area contributed by atoms with Crippen molar-refractivity contribution in [2.24, 2.45) is 0 Å². The van der Waals surface area contributed by atoms with Crippen molar-refractivity contribution in [2.75, 3.05) is 31.9 Å². The number of hydrogen-bond donors (Lipinski definition) is 2. The summed E-state index contributed by atoms with van der Waals surface area (Å²) in [6.45, 7) is 8.05. The standard InChI is InChI=1S/C15H22N4OS/c1-3-19(4-2)9-5-7-18-15(20)14-13(16)11-6-8-17-10-12(11)21-14/h6,8,10H,3-5,7,9,16H2,1-2H3,(H,18,20). The maximum absolute atomic E-state index is 12.2. The molecular formula is C15H22N4OS. The summed E-state index contributed by atoms with van der Waals surface area (Å²) in [6, 6.07) is 1.85. The van der Waals surface area contributed by atoms with Crippen LogP contribution in [0.3, 0.4) is 0 Å². The Morgan fingerprint density at radius 1 is 1.43 bits per heavy atom. The number of nitrogens with zero attached hydrogens (tertiary/aromatic N) is 2. The largest absolute Gasteiger partial charge is 0.397 e. The molecule has 2 rings (SSSR count). The number of nitrogens with two attached hydrogens (primary N) is 1. The third-order valence-electron chi connectivity index (χ3n) is 3.57. The number of rotatable bonds is 7. The van der Waals surface area contributed by atoms with Gasteiger partial charge in [0.25, 0.3) is 5.91 Å². The van der Waals surface area contributed by atoms with Gasteiger partial charge in [0.05, 0.1) is 10.4 Å². The maximum atomic E-state index is 12.2. The van der Waals surface area contributed by atoms with E-state index in [4.69, 9.17) is 5.73 Å². The SMILES string of the molecule is CCN(CC)CCCNC(=O)c1sc2cnccc2c1N. The molecule has 0 unspecified atom stereocenters. The molecule has 2 aromatic rings. The highest BCUT2D eigenvalue weighted by molar-refractivity contribution is 7.21. The van der Waals surface area contributed by atoms with E-state index in [0.29, 0.717) is 17.1 Å². The first-order chi connectivity index (χ1) is 10.2. The van der Waals surface area contributed by atoms with E-state index in [1.807, 2.05) is 6.07 Å². The van der Waals surface area contributed by atoms with Gasteiger partial charge >= 0.3 is 0 Å². The van der Waals surface area contributed by atoms with Crippen LogP contribution in [-0.4, -0.2) is 42.0 Å². The van der Waals surface area contributed by atoms with Crippen LogP contribution >= 0.6 is 11.3 Å². The Bertz CT molecular complexity index is 607. The minimum Gasteiger partial charge on any atom is -0.397 e. The van der Waals surface area contributed by atoms with Gasteiger partial charge in [-0.2, -0.15) is 0 Å². The minimum absolute atomic E-state index is 0.0896. The number of anilines is 1. The Labute approximate surface area is 129 Å². The van der Waals surface area contributed by atoms with Gasteiger partial charge in [-0.05, 0) is 32.1 Å². The van der Waals surface area contributed by atoms with Crippen molar-refractivity contribution in [3.63, 3.8) is 0 Å². The summed E-state index contributed by atoms with van der Waals surface area (Å²) in [5.74, 6) is -0.0896. The predicted octanol–water partition coefficient (Wildman–Crippen LogP) is 2.34. The number of pyridine rings is 1. The third kappa shape index (κ3) is 3.71. The molecule has 6 heteroatoms. The average molecular weight is 306 g/mol. The molecule has 0 spiro atoms. The first-order valence-corrected chi connectivity index (χ1v) is 8.11. The van der Waals surface area contributed by atoms with Crippen molar-refractivity contribution in [2.45, 2.75) is 20.3 Å². The molecule has 0 fully saturated rings. The van der Waals surface area contributed by atoms with Crippen molar-refractivity contribution in [3.05, 3.63) is 23.3 Å². The Morgan fingerprint density at radius 2 is 2.19 bits per heavy atom. The number of fused-ring (bicyclic) bond motifs is 1. The lowest BCUT2D eigenvalue weighted by atomic mass is 10.2. The molecule has 3 N–H and O–H groups in total. The summed E-state index contributed by atoms with van der Waals surface area (Å²) in [4.78, 5) is 19.2. The number of thiophene rings is 1. The summed E-state index contributed by atoms with van der Waals surface area (Å²) < 4.78 is 0.947. The number of carbonyl (C=O) groups excluding carboxylic acids is 1. The van der Waals surface area contributed by atoms with E-state index in [0.717, 1.165) is 36.1 Å². The highest BCUT2D eigenvalue weighted by atomic mass is 32.1. The van der Waals surface area contributed by atoms with Crippen molar-refractivity contribution >= 4 is 33.0 Å². The van der Waals surface area contributed by atoms with E-state index in [1.54, 1.807) is 12.4 Å². The lowest BCUT2D eigenvalue weighted by molar-refractivity contribution is 0.0956. The van der Waals surface area contributed by atoms with Crippen LogP contribution < -0.4 is 11.1 Å². The summed E-state index contributed by atoms with van der Waals surface area (Å²) in [5.41, 5.74) is 6.60. The van der Waals surface area contributed by atoms with Gasteiger partial charge in [0, 0.05) is 24.3 Å². The minimum atomic E-state index is -0.0896. The molecule has 0 saturated carbocycles. The summed E-state index contributed by atoms with van der Waals surface area (Å²) >= 11 is 1.40. The van der Waals surface area contributed by atoms with Crippen LogP contribution in [-0.2, 0) is 0 Å². The van der Waals surface area contributed by atoms with Crippen LogP contribution in [0.15, 0.2) is 18.5 Å². The van der Waals surface area contributed by atoms with E-state index in [1.165, 1.54) is 11.3 Å². The topological polar surface area (TPSA) is 71.2 Å². The van der Waals surface area contributed by atoms with Gasteiger partial charge in [-0.3, -0.25) is 9.78 Å². The second-order valence-electron chi connectivity index (χ2n) is 4.85. The van der Waals surface area contributed by atoms with Crippen LogP contribution in [0.4, 0.5) is 5.69 Å². The number of carbonyl (C=O) groups is 1. The molecule has 2 aromatic heterocycles. The van der Waals surface area contributed by atoms with Crippen molar-refractivity contribution in [3.8, 4) is 0 Å². The second-order valence-corrected chi connectivity index (χ2v) is 5.91. The van der Waals surface area contributed by atoms with Gasteiger partial charge in [-0.1, -0.05) is 13.8 Å². The fraction of sp³-hybridized carbons (Fsp3) is 0.467. The number of hydrogen-bond acceptors (Lipinski definition) is 5. The van der Waals surface area contributed by atoms with Crippen molar-refractivity contribution in [1.82, 2.24) is 15.2 Å². The number of aromatic nitrogens is 1. The lowest BCUT2D eigenvalue weighted by Gasteiger charge is -2.17. The molecule has 0 aromatic carbocycles. The van der Waals surface area contributed by atoms with Crippen LogP contribution in [0.5, 0.6) is 0 Å². The first-order valence-electron chi connectivity index (χ1n) is 7.29. The highest BCUT2D eigenvalue weighted by Gasteiger charge is 2.15. The molecular weight excluding hydrogens is 284 g/mol. The molecule has 1 amide bonds. The second kappa shape index (κ2) is 7.38. The summed E-state index contributed by atoms with van der Waals surface area (Å²) in [7, 11) is 0. The first kappa shape index (κ1) is 15.7. The fourth-order valence-corrected chi connectivity index (χ4v) is 3.27. The molecule has 0 bridgehead atoms. The van der Waals surface area contributed by atoms with E-state index >= 15 is 0 Å². The summed E-state index contributed by atoms with van der Waals surface area (Å²) in [5, 5.41) is 3.85. The zero-order valence-electron chi connectivity index (χ0n) is 12.6. The monoisotopic (exact) mass is 306 g/mol. The van der Waals surface area contributed by atoms with E-state index in [-0.39, 0.29) is 5.91 Å². The molecule has 114 valence electrons. The van der Waals surface area contributed by atoms with E-state index in [2.05, 4.69) is 29.0 Å². The fourth-order valence-electron chi connectivity index (χ4n) is 2.26. The Morgan fingerprint density at radius 3 is 2.86 bits per heavy atom. The van der Waals surface area contributed by atoms with Gasteiger partial charge in [-0.15, -0.1) is 11.3 Å². The maximum Gasteiger partial charge on any atom is 0.263 e. The van der Waals surface area contributed by atoms with E-state index in [9.17, 15) is 4.79 Å². The Balaban J connectivity index is 1.92. The van der Waals surface area contributed by atoms with Crippen molar-refractivity contribution < 1.29 is 4.79 Å². The molecule has 2 heterocycles. The van der Waals surface area contributed by atoms with Gasteiger partial charge < -0.3 is 16.0 Å².